The van der Waals surface area contributed by atoms with Crippen molar-refractivity contribution < 1.29 is 4.42 Å². The maximum Gasteiger partial charge on any atom is 0.134 e. The van der Waals surface area contributed by atoms with Crippen molar-refractivity contribution in [3.05, 3.63) is 42.5 Å². The first-order valence-corrected chi connectivity index (χ1v) is 5.48. The van der Waals surface area contributed by atoms with E-state index < -0.39 is 0 Å². The Morgan fingerprint density at radius 3 is 3.00 bits per heavy atom. The van der Waals surface area contributed by atoms with Gasteiger partial charge >= 0.3 is 0 Å². The van der Waals surface area contributed by atoms with E-state index in [0.29, 0.717) is 6.54 Å². The lowest BCUT2D eigenvalue weighted by Crippen LogP contribution is -2.03. The van der Waals surface area contributed by atoms with Gasteiger partial charge in [-0.25, -0.2) is 4.98 Å². The molecule has 0 saturated heterocycles. The van der Waals surface area contributed by atoms with E-state index in [1.54, 1.807) is 12.6 Å². The van der Waals surface area contributed by atoms with Crippen molar-refractivity contribution in [1.29, 1.82) is 0 Å². The Bertz CT molecular complexity index is 666. The molecule has 0 radical (unpaired) electrons. The second-order valence-corrected chi connectivity index (χ2v) is 4.00. The Hall–Kier alpha value is -2.07. The molecule has 0 aliphatic heterocycles. The van der Waals surface area contributed by atoms with E-state index >= 15 is 0 Å². The SMILES string of the molecule is Cn1cnc(-c2coc3ccccc23)c1CN. The van der Waals surface area contributed by atoms with E-state index in [1.807, 2.05) is 35.9 Å². The van der Waals surface area contributed by atoms with E-state index in [-0.39, 0.29) is 0 Å². The average molecular weight is 227 g/mol. The topological polar surface area (TPSA) is 57.0 Å². The highest BCUT2D eigenvalue weighted by atomic mass is 16.3. The Balaban J connectivity index is 2.27. The zero-order valence-corrected chi connectivity index (χ0v) is 9.55. The number of aromatic nitrogens is 2. The molecule has 0 bridgehead atoms. The van der Waals surface area contributed by atoms with Gasteiger partial charge < -0.3 is 14.7 Å². The van der Waals surface area contributed by atoms with Gasteiger partial charge in [-0.15, -0.1) is 0 Å². The van der Waals surface area contributed by atoms with Crippen molar-refractivity contribution in [2.75, 3.05) is 0 Å². The van der Waals surface area contributed by atoms with E-state index in [2.05, 4.69) is 4.98 Å². The molecule has 2 aromatic heterocycles. The van der Waals surface area contributed by atoms with E-state index in [9.17, 15) is 0 Å². The molecule has 1 aromatic carbocycles. The molecule has 0 saturated carbocycles. The second kappa shape index (κ2) is 3.75. The van der Waals surface area contributed by atoms with E-state index in [4.69, 9.17) is 10.2 Å². The summed E-state index contributed by atoms with van der Waals surface area (Å²) in [5, 5.41) is 1.07. The number of aryl methyl sites for hydroxylation is 1. The fourth-order valence-corrected chi connectivity index (χ4v) is 2.08. The zero-order chi connectivity index (χ0) is 11.8. The molecule has 0 unspecified atom stereocenters. The molecular formula is C13H13N3O. The largest absolute Gasteiger partial charge is 0.464 e. The van der Waals surface area contributed by atoms with Crippen LogP contribution in [0.3, 0.4) is 0 Å². The summed E-state index contributed by atoms with van der Waals surface area (Å²) in [5.74, 6) is 0. The Morgan fingerprint density at radius 2 is 2.18 bits per heavy atom. The summed E-state index contributed by atoms with van der Waals surface area (Å²) in [6, 6.07) is 7.93. The van der Waals surface area contributed by atoms with Crippen LogP contribution >= 0.6 is 0 Å². The van der Waals surface area contributed by atoms with Crippen LogP contribution in [0.2, 0.25) is 0 Å². The number of imidazole rings is 1. The van der Waals surface area contributed by atoms with Crippen LogP contribution < -0.4 is 5.73 Å². The molecule has 3 aromatic rings. The first-order valence-electron chi connectivity index (χ1n) is 5.48. The molecule has 0 atom stereocenters. The number of furan rings is 1. The van der Waals surface area contributed by atoms with Gasteiger partial charge in [-0.3, -0.25) is 0 Å². The molecule has 17 heavy (non-hydrogen) atoms. The third-order valence-electron chi connectivity index (χ3n) is 2.99. The molecule has 0 aliphatic rings. The lowest BCUT2D eigenvalue weighted by atomic mass is 10.1. The van der Waals surface area contributed by atoms with Crippen molar-refractivity contribution in [2.24, 2.45) is 12.8 Å². The molecule has 2 heterocycles. The highest BCUT2D eigenvalue weighted by molar-refractivity contribution is 5.93. The molecule has 0 fully saturated rings. The first-order chi connectivity index (χ1) is 8.31. The fourth-order valence-electron chi connectivity index (χ4n) is 2.08. The average Bonchev–Trinajstić information content (AvgIpc) is 2.92. The third kappa shape index (κ3) is 1.45. The minimum absolute atomic E-state index is 0.464. The van der Waals surface area contributed by atoms with Crippen LogP contribution in [0, 0.1) is 0 Å². The molecular weight excluding hydrogens is 214 g/mol. The molecule has 2 N–H and O–H groups in total. The Morgan fingerprint density at radius 1 is 1.35 bits per heavy atom. The quantitative estimate of drug-likeness (QED) is 0.730. The molecule has 0 spiro atoms. The van der Waals surface area contributed by atoms with Gasteiger partial charge in [0.25, 0.3) is 0 Å². The highest BCUT2D eigenvalue weighted by Crippen LogP contribution is 2.31. The van der Waals surface area contributed by atoms with Gasteiger partial charge in [0, 0.05) is 24.5 Å². The summed E-state index contributed by atoms with van der Waals surface area (Å²) in [5.41, 5.74) is 9.54. The van der Waals surface area contributed by atoms with Crippen LogP contribution in [-0.4, -0.2) is 9.55 Å². The van der Waals surface area contributed by atoms with Gasteiger partial charge in [0.05, 0.1) is 17.7 Å². The van der Waals surface area contributed by atoms with Crippen molar-refractivity contribution in [2.45, 2.75) is 6.54 Å². The molecule has 0 aliphatic carbocycles. The van der Waals surface area contributed by atoms with Gasteiger partial charge in [0.15, 0.2) is 0 Å². The lowest BCUT2D eigenvalue weighted by molar-refractivity contribution is 0.616. The second-order valence-electron chi connectivity index (χ2n) is 4.00. The van der Waals surface area contributed by atoms with Crippen LogP contribution in [0.5, 0.6) is 0 Å². The van der Waals surface area contributed by atoms with Crippen molar-refractivity contribution >= 4 is 11.0 Å². The third-order valence-corrected chi connectivity index (χ3v) is 2.99. The van der Waals surface area contributed by atoms with Crippen molar-refractivity contribution in [3.8, 4) is 11.3 Å². The van der Waals surface area contributed by atoms with E-state index in [1.165, 1.54) is 0 Å². The summed E-state index contributed by atoms with van der Waals surface area (Å²) < 4.78 is 7.46. The molecule has 3 rings (SSSR count). The smallest absolute Gasteiger partial charge is 0.134 e. The monoisotopic (exact) mass is 227 g/mol. The molecule has 0 amide bonds. The van der Waals surface area contributed by atoms with Gasteiger partial charge in [-0.05, 0) is 6.07 Å². The van der Waals surface area contributed by atoms with E-state index in [0.717, 1.165) is 27.9 Å². The number of para-hydroxylation sites is 1. The maximum atomic E-state index is 5.75. The summed E-state index contributed by atoms with van der Waals surface area (Å²) in [6.07, 6.45) is 3.52. The van der Waals surface area contributed by atoms with Crippen molar-refractivity contribution in [1.82, 2.24) is 9.55 Å². The minimum atomic E-state index is 0.464. The van der Waals surface area contributed by atoms with Gasteiger partial charge in [0.1, 0.15) is 11.8 Å². The number of rotatable bonds is 2. The van der Waals surface area contributed by atoms with Crippen LogP contribution in [0.1, 0.15) is 5.69 Å². The number of fused-ring (bicyclic) bond motifs is 1. The number of nitrogens with two attached hydrogens (primary N) is 1. The van der Waals surface area contributed by atoms with Crippen LogP contribution in [0.15, 0.2) is 41.3 Å². The summed E-state index contributed by atoms with van der Waals surface area (Å²) >= 11 is 0. The predicted molar refractivity (Wildman–Crippen MR) is 66.3 cm³/mol. The Labute approximate surface area is 98.7 Å². The summed E-state index contributed by atoms with van der Waals surface area (Å²) in [7, 11) is 1.95. The van der Waals surface area contributed by atoms with Gasteiger partial charge in [0.2, 0.25) is 0 Å². The fraction of sp³-hybridized carbons (Fsp3) is 0.154. The zero-order valence-electron chi connectivity index (χ0n) is 9.55. The Kier molecular flexibility index (Phi) is 2.23. The normalized spacial score (nSPS) is 11.2. The summed E-state index contributed by atoms with van der Waals surface area (Å²) in [4.78, 5) is 4.40. The molecule has 4 nitrogen and oxygen atoms in total. The van der Waals surface area contributed by atoms with Crippen LogP contribution in [0.4, 0.5) is 0 Å². The summed E-state index contributed by atoms with van der Waals surface area (Å²) in [6.45, 7) is 0.464. The minimum Gasteiger partial charge on any atom is -0.464 e. The number of nitrogens with zero attached hydrogens (tertiary/aromatic N) is 2. The number of hydrogen-bond acceptors (Lipinski definition) is 3. The predicted octanol–water partition coefficient (Wildman–Crippen LogP) is 2.29. The number of hydrogen-bond donors (Lipinski definition) is 1. The van der Waals surface area contributed by atoms with Crippen LogP contribution in [-0.2, 0) is 13.6 Å². The maximum absolute atomic E-state index is 5.75. The van der Waals surface area contributed by atoms with Gasteiger partial charge in [-0.1, -0.05) is 18.2 Å². The number of benzene rings is 1. The first kappa shape index (κ1) is 10.1. The van der Waals surface area contributed by atoms with Crippen molar-refractivity contribution in [3.63, 3.8) is 0 Å². The van der Waals surface area contributed by atoms with Gasteiger partial charge in [-0.2, -0.15) is 0 Å². The standard InChI is InChI=1S/C13H13N3O/c1-16-8-15-13(11(16)6-14)10-7-17-12-5-3-2-4-9(10)12/h2-5,7-8H,6,14H2,1H3. The highest BCUT2D eigenvalue weighted by Gasteiger charge is 2.14. The molecule has 86 valence electrons. The molecule has 4 heteroatoms. The lowest BCUT2D eigenvalue weighted by Gasteiger charge is -2.01. The van der Waals surface area contributed by atoms with Crippen LogP contribution in [0.25, 0.3) is 22.2 Å².